The van der Waals surface area contributed by atoms with Gasteiger partial charge in [0.15, 0.2) is 0 Å². The predicted octanol–water partition coefficient (Wildman–Crippen LogP) is 2.81. The fourth-order valence-corrected chi connectivity index (χ4v) is 1.96. The van der Waals surface area contributed by atoms with E-state index in [0.717, 1.165) is 6.07 Å². The highest BCUT2D eigenvalue weighted by Crippen LogP contribution is 2.26. The van der Waals surface area contributed by atoms with Gasteiger partial charge in [-0.25, -0.2) is 15.0 Å². The number of ether oxygens (including phenoxy) is 1. The lowest BCUT2D eigenvalue weighted by Gasteiger charge is -2.13. The van der Waals surface area contributed by atoms with Crippen molar-refractivity contribution in [2.75, 3.05) is 5.32 Å². The zero-order valence-corrected chi connectivity index (χ0v) is 12.4. The molecule has 1 N–H and O–H groups in total. The summed E-state index contributed by atoms with van der Waals surface area (Å²) < 4.78 is 42.6. The molecular weight excluding hydrogens is 339 g/mol. The first-order valence-corrected chi connectivity index (χ1v) is 6.89. The quantitative estimate of drug-likeness (QED) is 0.783. The van der Waals surface area contributed by atoms with Crippen molar-refractivity contribution in [3.8, 4) is 11.7 Å². The highest BCUT2D eigenvalue weighted by Gasteiger charge is 2.32. The van der Waals surface area contributed by atoms with E-state index in [4.69, 9.17) is 0 Å². The second-order valence-electron chi connectivity index (χ2n) is 4.74. The maximum Gasteiger partial charge on any atom is 0.573 e. The van der Waals surface area contributed by atoms with E-state index in [9.17, 15) is 18.0 Å². The van der Waals surface area contributed by atoms with Gasteiger partial charge in [0.1, 0.15) is 12.1 Å². The number of halogens is 3. The van der Waals surface area contributed by atoms with Gasteiger partial charge in [-0.2, -0.15) is 0 Å². The Morgan fingerprint density at radius 1 is 1.16 bits per heavy atom. The molecule has 128 valence electrons. The van der Waals surface area contributed by atoms with Crippen molar-refractivity contribution < 1.29 is 22.7 Å². The smallest absolute Gasteiger partial charge is 0.405 e. The van der Waals surface area contributed by atoms with Gasteiger partial charge < -0.3 is 10.1 Å². The van der Waals surface area contributed by atoms with Crippen LogP contribution in [0.3, 0.4) is 0 Å². The van der Waals surface area contributed by atoms with E-state index in [-0.39, 0.29) is 11.3 Å². The van der Waals surface area contributed by atoms with Gasteiger partial charge in [-0.15, -0.1) is 13.2 Å². The van der Waals surface area contributed by atoms with Crippen LogP contribution in [0.25, 0.3) is 5.95 Å². The summed E-state index contributed by atoms with van der Waals surface area (Å²) in [4.78, 5) is 24.1. The molecule has 0 aliphatic rings. The van der Waals surface area contributed by atoms with Crippen LogP contribution in [-0.2, 0) is 0 Å². The van der Waals surface area contributed by atoms with E-state index in [1.54, 1.807) is 17.0 Å². The minimum Gasteiger partial charge on any atom is -0.405 e. The first kappa shape index (κ1) is 16.4. The summed E-state index contributed by atoms with van der Waals surface area (Å²) in [5.41, 5.74) is -0.0470. The lowest BCUT2D eigenvalue weighted by Crippen LogP contribution is -2.21. The molecule has 2 heterocycles. The number of hydrogen-bond donors (Lipinski definition) is 1. The second kappa shape index (κ2) is 6.59. The van der Waals surface area contributed by atoms with E-state index >= 15 is 0 Å². The molecule has 2 aromatic heterocycles. The number of carbonyl (C=O) groups is 1. The van der Waals surface area contributed by atoms with Gasteiger partial charge in [0.05, 0.1) is 23.6 Å². The van der Waals surface area contributed by atoms with E-state index in [2.05, 4.69) is 25.0 Å². The molecule has 1 amide bonds. The fraction of sp³-hybridized carbons (Fsp3) is 0.0667. The molecule has 0 saturated carbocycles. The third-order valence-corrected chi connectivity index (χ3v) is 2.99. The number of aromatic nitrogens is 4. The molecular formula is C15H10F3N5O2. The molecule has 0 aliphatic carbocycles. The van der Waals surface area contributed by atoms with Gasteiger partial charge in [0, 0.05) is 12.4 Å². The van der Waals surface area contributed by atoms with Gasteiger partial charge >= 0.3 is 6.36 Å². The topological polar surface area (TPSA) is 81.9 Å². The number of amides is 1. The Hall–Kier alpha value is -3.43. The molecule has 0 unspecified atom stereocenters. The number of para-hydroxylation sites is 1. The summed E-state index contributed by atoms with van der Waals surface area (Å²) in [6, 6.07) is 5.04. The van der Waals surface area contributed by atoms with Crippen LogP contribution in [-0.4, -0.2) is 31.8 Å². The standard InChI is InChI=1S/C15H10F3N5O2/c16-15(17,18)25-12-4-2-1-3-11(12)13(24)22-10-7-20-14(21-8-10)23-6-5-19-9-23/h1-9H,(H,22,24). The molecule has 0 saturated heterocycles. The molecule has 0 aliphatic heterocycles. The monoisotopic (exact) mass is 349 g/mol. The Labute approximate surface area is 139 Å². The Bertz CT molecular complexity index is 864. The van der Waals surface area contributed by atoms with Crippen LogP contribution in [0.15, 0.2) is 55.4 Å². The summed E-state index contributed by atoms with van der Waals surface area (Å²) in [5, 5.41) is 2.42. The Balaban J connectivity index is 1.76. The molecule has 10 heteroatoms. The molecule has 0 fully saturated rings. The lowest BCUT2D eigenvalue weighted by atomic mass is 10.2. The van der Waals surface area contributed by atoms with Gasteiger partial charge in [-0.1, -0.05) is 12.1 Å². The van der Waals surface area contributed by atoms with Crippen LogP contribution in [0.4, 0.5) is 18.9 Å². The number of imidazole rings is 1. The number of alkyl halides is 3. The number of carbonyl (C=O) groups excluding carboxylic acids is 1. The van der Waals surface area contributed by atoms with Crippen molar-refractivity contribution in [1.29, 1.82) is 0 Å². The first-order valence-electron chi connectivity index (χ1n) is 6.89. The van der Waals surface area contributed by atoms with E-state index in [1.165, 1.54) is 36.9 Å². The van der Waals surface area contributed by atoms with Crippen LogP contribution in [0.1, 0.15) is 10.4 Å². The third-order valence-electron chi connectivity index (χ3n) is 2.99. The highest BCUT2D eigenvalue weighted by molar-refractivity contribution is 6.06. The number of anilines is 1. The van der Waals surface area contributed by atoms with Crippen molar-refractivity contribution in [2.45, 2.75) is 6.36 Å². The predicted molar refractivity (Wildman–Crippen MR) is 80.2 cm³/mol. The van der Waals surface area contributed by atoms with Gasteiger partial charge in [-0.05, 0) is 12.1 Å². The summed E-state index contributed by atoms with van der Waals surface area (Å²) in [6.07, 6.45) is 2.44. The summed E-state index contributed by atoms with van der Waals surface area (Å²) in [6.45, 7) is 0. The Morgan fingerprint density at radius 2 is 1.88 bits per heavy atom. The van der Waals surface area contributed by atoms with Crippen LogP contribution in [0.2, 0.25) is 0 Å². The average Bonchev–Trinajstić information content (AvgIpc) is 3.09. The molecule has 3 rings (SSSR count). The van der Waals surface area contributed by atoms with Crippen molar-refractivity contribution >= 4 is 11.6 Å². The van der Waals surface area contributed by atoms with Crippen LogP contribution in [0.5, 0.6) is 5.75 Å². The Kier molecular flexibility index (Phi) is 4.33. The molecule has 0 bridgehead atoms. The van der Waals surface area contributed by atoms with Crippen molar-refractivity contribution in [3.63, 3.8) is 0 Å². The highest BCUT2D eigenvalue weighted by atomic mass is 19.4. The van der Waals surface area contributed by atoms with E-state index < -0.39 is 18.0 Å². The van der Waals surface area contributed by atoms with Crippen molar-refractivity contribution in [2.24, 2.45) is 0 Å². The van der Waals surface area contributed by atoms with E-state index in [1.807, 2.05) is 0 Å². The van der Waals surface area contributed by atoms with Crippen LogP contribution < -0.4 is 10.1 Å². The van der Waals surface area contributed by atoms with Crippen LogP contribution in [0, 0.1) is 0 Å². The SMILES string of the molecule is O=C(Nc1cnc(-n2ccnc2)nc1)c1ccccc1OC(F)(F)F. The molecule has 7 nitrogen and oxygen atoms in total. The number of hydrogen-bond acceptors (Lipinski definition) is 5. The van der Waals surface area contributed by atoms with Gasteiger partial charge in [-0.3, -0.25) is 9.36 Å². The molecule has 1 aromatic carbocycles. The molecule has 0 radical (unpaired) electrons. The number of rotatable bonds is 4. The van der Waals surface area contributed by atoms with Crippen molar-refractivity contribution in [1.82, 2.24) is 19.5 Å². The second-order valence-corrected chi connectivity index (χ2v) is 4.74. The largest absolute Gasteiger partial charge is 0.573 e. The average molecular weight is 349 g/mol. The molecule has 3 aromatic rings. The summed E-state index contributed by atoms with van der Waals surface area (Å²) in [5.74, 6) is -1.04. The molecule has 0 atom stereocenters. The minimum absolute atomic E-state index is 0.218. The molecule has 25 heavy (non-hydrogen) atoms. The van der Waals surface area contributed by atoms with Crippen LogP contribution >= 0.6 is 0 Å². The Morgan fingerprint density at radius 3 is 2.52 bits per heavy atom. The molecule has 0 spiro atoms. The number of nitrogens with one attached hydrogen (secondary N) is 1. The van der Waals surface area contributed by atoms with Gasteiger partial charge in [0.2, 0.25) is 5.95 Å². The summed E-state index contributed by atoms with van der Waals surface area (Å²) >= 11 is 0. The zero-order chi connectivity index (χ0) is 17.9. The fourth-order valence-electron chi connectivity index (χ4n) is 1.96. The summed E-state index contributed by atoms with van der Waals surface area (Å²) in [7, 11) is 0. The third kappa shape index (κ3) is 4.10. The van der Waals surface area contributed by atoms with E-state index in [0.29, 0.717) is 5.95 Å². The zero-order valence-electron chi connectivity index (χ0n) is 12.4. The first-order chi connectivity index (χ1) is 11.9. The number of benzene rings is 1. The van der Waals surface area contributed by atoms with Crippen molar-refractivity contribution in [3.05, 3.63) is 60.9 Å². The maximum absolute atomic E-state index is 12.4. The number of nitrogens with zero attached hydrogens (tertiary/aromatic N) is 4. The normalized spacial score (nSPS) is 11.2. The minimum atomic E-state index is -4.90. The lowest BCUT2D eigenvalue weighted by molar-refractivity contribution is -0.274. The van der Waals surface area contributed by atoms with Gasteiger partial charge in [0.25, 0.3) is 5.91 Å². The maximum atomic E-state index is 12.4.